The Morgan fingerprint density at radius 2 is 1.23 bits per heavy atom. The summed E-state index contributed by atoms with van der Waals surface area (Å²) in [4.78, 5) is 12.6. The van der Waals surface area contributed by atoms with Gasteiger partial charge in [-0.25, -0.2) is 4.79 Å². The third-order valence-corrected chi connectivity index (χ3v) is 8.00. The highest BCUT2D eigenvalue weighted by Gasteiger charge is 2.49. The van der Waals surface area contributed by atoms with E-state index < -0.39 is 43.0 Å². The molecule has 258 valence electrons. The van der Waals surface area contributed by atoms with Gasteiger partial charge in [0.15, 0.2) is 6.29 Å². The second-order valence-electron chi connectivity index (χ2n) is 11.4. The van der Waals surface area contributed by atoms with Crippen molar-refractivity contribution in [2.24, 2.45) is 0 Å². The van der Waals surface area contributed by atoms with Crippen LogP contribution in [0.2, 0.25) is 0 Å². The van der Waals surface area contributed by atoms with Gasteiger partial charge in [-0.15, -0.1) is 0 Å². The van der Waals surface area contributed by atoms with Crippen molar-refractivity contribution in [3.63, 3.8) is 0 Å². The van der Waals surface area contributed by atoms with Gasteiger partial charge in [-0.2, -0.15) is 0 Å². The van der Waals surface area contributed by atoms with Crippen LogP contribution < -0.4 is 0 Å². The van der Waals surface area contributed by atoms with Crippen molar-refractivity contribution < 1.29 is 47.4 Å². The molecular formula is C38H46O10. The van der Waals surface area contributed by atoms with Crippen molar-refractivity contribution in [2.45, 2.75) is 83.2 Å². The monoisotopic (exact) mass is 662 g/mol. The molecule has 5 rings (SSSR count). The third-order valence-electron chi connectivity index (χ3n) is 8.00. The number of ether oxygens (including phenoxy) is 9. The van der Waals surface area contributed by atoms with Crippen molar-refractivity contribution in [1.82, 2.24) is 0 Å². The van der Waals surface area contributed by atoms with E-state index in [4.69, 9.17) is 42.6 Å². The van der Waals surface area contributed by atoms with Gasteiger partial charge in [-0.05, 0) is 36.6 Å². The molecule has 0 aromatic heterocycles. The van der Waals surface area contributed by atoms with Crippen molar-refractivity contribution in [3.05, 3.63) is 120 Å². The van der Waals surface area contributed by atoms with Crippen molar-refractivity contribution in [2.75, 3.05) is 26.9 Å². The van der Waals surface area contributed by atoms with Crippen LogP contribution >= 0.6 is 0 Å². The fourth-order valence-corrected chi connectivity index (χ4v) is 5.68. The Morgan fingerprint density at radius 3 is 1.75 bits per heavy atom. The van der Waals surface area contributed by atoms with Crippen LogP contribution in [-0.2, 0) is 67.2 Å². The molecule has 7 atom stereocenters. The van der Waals surface area contributed by atoms with E-state index in [0.717, 1.165) is 16.7 Å². The molecule has 0 amide bonds. The van der Waals surface area contributed by atoms with E-state index in [1.165, 1.54) is 0 Å². The zero-order valence-electron chi connectivity index (χ0n) is 27.8. The predicted molar refractivity (Wildman–Crippen MR) is 176 cm³/mol. The molecule has 2 heterocycles. The van der Waals surface area contributed by atoms with Gasteiger partial charge in [0.1, 0.15) is 24.4 Å². The molecule has 3 aromatic carbocycles. The molecule has 10 heteroatoms. The van der Waals surface area contributed by atoms with E-state index in [-0.39, 0.29) is 25.1 Å². The summed E-state index contributed by atoms with van der Waals surface area (Å²) in [6.07, 6.45) is -2.48. The number of carbonyl (C=O) groups is 1. The fourth-order valence-electron chi connectivity index (χ4n) is 5.68. The predicted octanol–water partition coefficient (Wildman–Crippen LogP) is 5.73. The lowest BCUT2D eigenvalue weighted by Gasteiger charge is -2.45. The number of carbonyl (C=O) groups excluding carboxylic acids is 1. The van der Waals surface area contributed by atoms with Crippen molar-refractivity contribution >= 4 is 5.97 Å². The van der Waals surface area contributed by atoms with Crippen LogP contribution in [0, 0.1) is 0 Å². The summed E-state index contributed by atoms with van der Waals surface area (Å²) in [5.74, 6) is -0.512. The van der Waals surface area contributed by atoms with Crippen molar-refractivity contribution in [3.8, 4) is 0 Å². The minimum atomic E-state index is -0.793. The molecule has 0 radical (unpaired) electrons. The van der Waals surface area contributed by atoms with E-state index in [0.29, 0.717) is 32.8 Å². The Kier molecular flexibility index (Phi) is 14.0. The molecule has 10 nitrogen and oxygen atoms in total. The first-order chi connectivity index (χ1) is 23.6. The van der Waals surface area contributed by atoms with Gasteiger partial charge in [0.2, 0.25) is 12.0 Å². The smallest absolute Gasteiger partial charge is 0.373 e. The quantitative estimate of drug-likeness (QED) is 0.167. The number of rotatable bonds is 17. The summed E-state index contributed by atoms with van der Waals surface area (Å²) in [6, 6.07) is 29.8. The minimum Gasteiger partial charge on any atom is -0.460 e. The average Bonchev–Trinajstić information content (AvgIpc) is 3.13. The SMILES string of the molecule is CCOC(=O)C1=C[C@@H](OCC)C[C@@H](OC[C@H]2O[C@H](OC)[C@H](OCc3ccccc3)[C@@H](OCc3ccccc3)[C@@H]2OCc2ccccc2)O1. The molecule has 3 aromatic rings. The highest BCUT2D eigenvalue weighted by atomic mass is 16.7. The van der Waals surface area contributed by atoms with Crippen LogP contribution in [0.5, 0.6) is 0 Å². The molecule has 0 spiro atoms. The molecule has 0 N–H and O–H groups in total. The lowest BCUT2D eigenvalue weighted by Crippen LogP contribution is -2.61. The van der Waals surface area contributed by atoms with E-state index in [9.17, 15) is 4.79 Å². The number of methoxy groups -OCH3 is 1. The molecule has 0 bridgehead atoms. The van der Waals surface area contributed by atoms with E-state index in [1.807, 2.05) is 97.9 Å². The Hall–Kier alpha value is -3.61. The zero-order valence-corrected chi connectivity index (χ0v) is 27.8. The molecule has 0 saturated carbocycles. The molecule has 0 aliphatic carbocycles. The fraction of sp³-hybridized carbons (Fsp3) is 0.447. The summed E-state index contributed by atoms with van der Waals surface area (Å²) < 4.78 is 55.4. The van der Waals surface area contributed by atoms with Gasteiger partial charge < -0.3 is 42.6 Å². The maximum absolute atomic E-state index is 12.6. The number of esters is 1. The molecule has 1 saturated heterocycles. The summed E-state index contributed by atoms with van der Waals surface area (Å²) in [7, 11) is 1.58. The Bertz CT molecular complexity index is 1390. The highest BCUT2D eigenvalue weighted by molar-refractivity contribution is 5.86. The maximum atomic E-state index is 12.6. The lowest BCUT2D eigenvalue weighted by atomic mass is 9.97. The topological polar surface area (TPSA) is 100 Å². The second-order valence-corrected chi connectivity index (χ2v) is 11.4. The zero-order chi connectivity index (χ0) is 33.6. The number of hydrogen-bond acceptors (Lipinski definition) is 10. The first kappa shape index (κ1) is 35.7. The lowest BCUT2D eigenvalue weighted by molar-refractivity contribution is -0.327. The second kappa shape index (κ2) is 18.8. The van der Waals surface area contributed by atoms with Crippen LogP contribution in [0.3, 0.4) is 0 Å². The van der Waals surface area contributed by atoms with Gasteiger partial charge in [-0.1, -0.05) is 91.0 Å². The van der Waals surface area contributed by atoms with Gasteiger partial charge in [0, 0.05) is 20.1 Å². The molecule has 48 heavy (non-hydrogen) atoms. The van der Waals surface area contributed by atoms with Crippen LogP contribution in [0.4, 0.5) is 0 Å². The molecule has 2 aliphatic heterocycles. The first-order valence-corrected chi connectivity index (χ1v) is 16.5. The van der Waals surface area contributed by atoms with Gasteiger partial charge in [0.05, 0.1) is 39.1 Å². The molecule has 2 aliphatic rings. The molecule has 1 fully saturated rings. The summed E-state index contributed by atoms with van der Waals surface area (Å²) >= 11 is 0. The molecule has 0 unspecified atom stereocenters. The molecular weight excluding hydrogens is 616 g/mol. The Labute approximate surface area is 282 Å². The summed E-state index contributed by atoms with van der Waals surface area (Å²) in [5, 5.41) is 0. The van der Waals surface area contributed by atoms with Crippen LogP contribution in [0.15, 0.2) is 103 Å². The number of benzene rings is 3. The summed E-state index contributed by atoms with van der Waals surface area (Å²) in [5.41, 5.74) is 3.00. The van der Waals surface area contributed by atoms with Gasteiger partial charge >= 0.3 is 5.97 Å². The highest BCUT2D eigenvalue weighted by Crippen LogP contribution is 2.32. The standard InChI is InChI=1S/C38H46O10/c1-4-41-30-21-31(37(39)42-5-2)47-33(22-30)43-26-32-34(44-23-27-15-9-6-10-16-27)35(45-24-28-17-11-7-12-18-28)36(38(40-3)48-32)46-25-29-19-13-8-14-20-29/h6-21,30,32-36,38H,4-5,22-26H2,1-3H3/t30-,32-,33+,34-,35+,36-,38+/m1/s1. The maximum Gasteiger partial charge on any atom is 0.373 e. The van der Waals surface area contributed by atoms with E-state index in [2.05, 4.69) is 0 Å². The Balaban J connectivity index is 1.39. The van der Waals surface area contributed by atoms with E-state index >= 15 is 0 Å². The summed E-state index contributed by atoms with van der Waals surface area (Å²) in [6.45, 7) is 5.32. The third kappa shape index (κ3) is 10.2. The first-order valence-electron chi connectivity index (χ1n) is 16.5. The van der Waals surface area contributed by atoms with Gasteiger partial charge in [0.25, 0.3) is 0 Å². The number of hydrogen-bond donors (Lipinski definition) is 0. The minimum absolute atomic E-state index is 0.0511. The van der Waals surface area contributed by atoms with Gasteiger partial charge in [-0.3, -0.25) is 0 Å². The average molecular weight is 663 g/mol. The van der Waals surface area contributed by atoms with Crippen LogP contribution in [0.1, 0.15) is 37.0 Å². The normalized spacial score (nSPS) is 25.6. The largest absolute Gasteiger partial charge is 0.460 e. The Morgan fingerprint density at radius 1 is 0.688 bits per heavy atom. The van der Waals surface area contributed by atoms with Crippen molar-refractivity contribution in [1.29, 1.82) is 0 Å². The van der Waals surface area contributed by atoms with Crippen LogP contribution in [0.25, 0.3) is 0 Å². The van der Waals surface area contributed by atoms with E-state index in [1.54, 1.807) is 20.1 Å². The van der Waals surface area contributed by atoms with Crippen LogP contribution in [-0.4, -0.2) is 76.0 Å².